The molecule has 0 aromatic carbocycles. The predicted molar refractivity (Wildman–Crippen MR) is 77.4 cm³/mol. The van der Waals surface area contributed by atoms with Crippen LogP contribution in [0, 0.1) is 0 Å². The number of carbonyl (C=O) groups is 1. The van der Waals surface area contributed by atoms with E-state index < -0.39 is 0 Å². The van der Waals surface area contributed by atoms with E-state index in [0.717, 1.165) is 38.0 Å². The van der Waals surface area contributed by atoms with Gasteiger partial charge in [0, 0.05) is 18.3 Å². The largest absolute Gasteiger partial charge is 0.370 e. The van der Waals surface area contributed by atoms with Gasteiger partial charge in [0.25, 0.3) is 5.91 Å². The van der Waals surface area contributed by atoms with Gasteiger partial charge in [0.05, 0.1) is 5.56 Å². The predicted octanol–water partition coefficient (Wildman–Crippen LogP) is 2.97. The van der Waals surface area contributed by atoms with Crippen molar-refractivity contribution >= 4 is 11.7 Å². The van der Waals surface area contributed by atoms with Gasteiger partial charge in [-0.2, -0.15) is 0 Å². The molecule has 0 aliphatic heterocycles. The second-order valence-electron chi connectivity index (χ2n) is 5.30. The molecule has 0 saturated heterocycles. The van der Waals surface area contributed by atoms with E-state index in [9.17, 15) is 4.79 Å². The molecule has 1 aromatic heterocycles. The lowest BCUT2D eigenvalue weighted by Crippen LogP contribution is -2.52. The minimum Gasteiger partial charge on any atom is -0.370 e. The molecule has 0 unspecified atom stereocenters. The molecule has 2 rings (SSSR count). The number of hydrogen-bond acceptors (Lipinski definition) is 3. The highest BCUT2D eigenvalue weighted by molar-refractivity contribution is 5.94. The molecule has 1 amide bonds. The Bertz CT molecular complexity index is 418. The Morgan fingerprint density at radius 1 is 1.37 bits per heavy atom. The number of rotatable bonds is 6. The third kappa shape index (κ3) is 3.25. The summed E-state index contributed by atoms with van der Waals surface area (Å²) in [6.45, 7) is 5.14. The van der Waals surface area contributed by atoms with Crippen molar-refractivity contribution in [3.63, 3.8) is 0 Å². The fourth-order valence-corrected chi connectivity index (χ4v) is 2.37. The van der Waals surface area contributed by atoms with E-state index in [1.165, 1.54) is 6.42 Å². The number of hydrogen-bond donors (Lipinski definition) is 2. The van der Waals surface area contributed by atoms with Crippen molar-refractivity contribution in [2.24, 2.45) is 0 Å². The topological polar surface area (TPSA) is 54.0 Å². The molecule has 19 heavy (non-hydrogen) atoms. The second-order valence-corrected chi connectivity index (χ2v) is 5.30. The molecule has 1 fully saturated rings. The van der Waals surface area contributed by atoms with Gasteiger partial charge < -0.3 is 10.6 Å². The van der Waals surface area contributed by atoms with Gasteiger partial charge in [0.2, 0.25) is 0 Å². The summed E-state index contributed by atoms with van der Waals surface area (Å²) < 4.78 is 0. The summed E-state index contributed by atoms with van der Waals surface area (Å²) in [6, 6.07) is 3.70. The van der Waals surface area contributed by atoms with Crippen LogP contribution in [0.5, 0.6) is 0 Å². The van der Waals surface area contributed by atoms with E-state index in [1.54, 1.807) is 6.20 Å². The van der Waals surface area contributed by atoms with E-state index in [1.807, 2.05) is 12.1 Å². The molecule has 0 spiro atoms. The minimum atomic E-state index is -0.00362. The van der Waals surface area contributed by atoms with Gasteiger partial charge in [0.15, 0.2) is 0 Å². The average Bonchev–Trinajstić information content (AvgIpc) is 2.41. The molecule has 0 bridgehead atoms. The third-order valence-electron chi connectivity index (χ3n) is 3.95. The quantitative estimate of drug-likeness (QED) is 0.827. The van der Waals surface area contributed by atoms with E-state index in [0.29, 0.717) is 5.56 Å². The third-order valence-corrected chi connectivity index (χ3v) is 3.95. The van der Waals surface area contributed by atoms with Gasteiger partial charge >= 0.3 is 0 Å². The summed E-state index contributed by atoms with van der Waals surface area (Å²) in [5.74, 6) is 0.823. The van der Waals surface area contributed by atoms with Crippen molar-refractivity contribution in [2.45, 2.75) is 51.5 Å². The lowest BCUT2D eigenvalue weighted by molar-refractivity contribution is 0.0820. The smallest absolute Gasteiger partial charge is 0.253 e. The zero-order valence-electron chi connectivity index (χ0n) is 11.8. The summed E-state index contributed by atoms with van der Waals surface area (Å²) in [6.07, 6.45) is 7.12. The zero-order chi connectivity index (χ0) is 13.7. The summed E-state index contributed by atoms with van der Waals surface area (Å²) >= 11 is 0. The minimum absolute atomic E-state index is 0.00362. The number of nitrogens with zero attached hydrogens (tertiary/aromatic N) is 1. The molecular formula is C15H23N3O. The van der Waals surface area contributed by atoms with E-state index in [4.69, 9.17) is 0 Å². The normalized spacial score (nSPS) is 16.5. The number of amides is 1. The van der Waals surface area contributed by atoms with Gasteiger partial charge in [-0.15, -0.1) is 0 Å². The van der Waals surface area contributed by atoms with Crippen LogP contribution in [0.1, 0.15) is 56.3 Å². The number of anilines is 1. The standard InChI is InChI=1S/C15H23N3O/c1-3-10-16-13-7-6-12(11-17-13)14(19)18-15(4-2)8-5-9-15/h6-7,11H,3-5,8-10H2,1-2H3,(H,16,17)(H,18,19). The number of aromatic nitrogens is 1. The van der Waals surface area contributed by atoms with Gasteiger partial charge in [-0.3, -0.25) is 4.79 Å². The Balaban J connectivity index is 1.95. The Hall–Kier alpha value is -1.58. The molecule has 1 aliphatic carbocycles. The summed E-state index contributed by atoms with van der Waals surface area (Å²) in [7, 11) is 0. The van der Waals surface area contributed by atoms with Crippen LogP contribution in [0.15, 0.2) is 18.3 Å². The van der Waals surface area contributed by atoms with Crippen LogP contribution in [0.3, 0.4) is 0 Å². The molecule has 1 aromatic rings. The molecule has 1 aliphatic rings. The Labute approximate surface area is 115 Å². The fraction of sp³-hybridized carbons (Fsp3) is 0.600. The summed E-state index contributed by atoms with van der Waals surface area (Å²) in [4.78, 5) is 16.4. The van der Waals surface area contributed by atoms with Crippen molar-refractivity contribution in [3.8, 4) is 0 Å². The van der Waals surface area contributed by atoms with Crippen LogP contribution in [0.2, 0.25) is 0 Å². The van der Waals surface area contributed by atoms with Crippen LogP contribution in [-0.4, -0.2) is 23.0 Å². The summed E-state index contributed by atoms with van der Waals surface area (Å²) in [5, 5.41) is 6.36. The number of carbonyl (C=O) groups excluding carboxylic acids is 1. The SMILES string of the molecule is CCCNc1ccc(C(=O)NC2(CC)CCC2)cn1. The van der Waals surface area contributed by atoms with Crippen LogP contribution >= 0.6 is 0 Å². The molecule has 0 radical (unpaired) electrons. The van der Waals surface area contributed by atoms with Gasteiger partial charge in [-0.05, 0) is 44.2 Å². The molecule has 1 saturated carbocycles. The lowest BCUT2D eigenvalue weighted by Gasteiger charge is -2.42. The monoisotopic (exact) mass is 261 g/mol. The molecule has 104 valence electrons. The molecule has 1 heterocycles. The van der Waals surface area contributed by atoms with Gasteiger partial charge in [-0.25, -0.2) is 4.98 Å². The molecule has 4 nitrogen and oxygen atoms in total. The average molecular weight is 261 g/mol. The molecule has 2 N–H and O–H groups in total. The maximum Gasteiger partial charge on any atom is 0.253 e. The molecule has 0 atom stereocenters. The maximum absolute atomic E-state index is 12.2. The highest BCUT2D eigenvalue weighted by atomic mass is 16.1. The second kappa shape index (κ2) is 6.04. The van der Waals surface area contributed by atoms with E-state index in [2.05, 4.69) is 29.5 Å². The molecular weight excluding hydrogens is 238 g/mol. The van der Waals surface area contributed by atoms with Crippen molar-refractivity contribution in [3.05, 3.63) is 23.9 Å². The first-order chi connectivity index (χ1) is 9.19. The van der Waals surface area contributed by atoms with E-state index in [-0.39, 0.29) is 11.4 Å². The van der Waals surface area contributed by atoms with Crippen molar-refractivity contribution in [1.82, 2.24) is 10.3 Å². The first kappa shape index (κ1) is 13.8. The first-order valence-corrected chi connectivity index (χ1v) is 7.21. The Morgan fingerprint density at radius 3 is 2.63 bits per heavy atom. The highest BCUT2D eigenvalue weighted by Crippen LogP contribution is 2.34. The van der Waals surface area contributed by atoms with Crippen LogP contribution < -0.4 is 10.6 Å². The number of nitrogens with one attached hydrogen (secondary N) is 2. The van der Waals surface area contributed by atoms with E-state index >= 15 is 0 Å². The first-order valence-electron chi connectivity index (χ1n) is 7.21. The maximum atomic E-state index is 12.2. The van der Waals surface area contributed by atoms with Crippen LogP contribution in [0.4, 0.5) is 5.82 Å². The summed E-state index contributed by atoms with van der Waals surface area (Å²) in [5.41, 5.74) is 0.678. The molecule has 4 heteroatoms. The lowest BCUT2D eigenvalue weighted by atomic mass is 9.74. The van der Waals surface area contributed by atoms with Crippen molar-refractivity contribution in [1.29, 1.82) is 0 Å². The Kier molecular flexibility index (Phi) is 4.40. The van der Waals surface area contributed by atoms with Crippen LogP contribution in [-0.2, 0) is 0 Å². The number of pyridine rings is 1. The van der Waals surface area contributed by atoms with Crippen LogP contribution in [0.25, 0.3) is 0 Å². The Morgan fingerprint density at radius 2 is 2.16 bits per heavy atom. The van der Waals surface area contributed by atoms with Crippen molar-refractivity contribution in [2.75, 3.05) is 11.9 Å². The fourth-order valence-electron chi connectivity index (χ4n) is 2.37. The van der Waals surface area contributed by atoms with Crippen molar-refractivity contribution < 1.29 is 4.79 Å². The highest BCUT2D eigenvalue weighted by Gasteiger charge is 2.36. The zero-order valence-corrected chi connectivity index (χ0v) is 11.8. The van der Waals surface area contributed by atoms with Gasteiger partial charge in [0.1, 0.15) is 5.82 Å². The van der Waals surface area contributed by atoms with Gasteiger partial charge in [-0.1, -0.05) is 13.8 Å².